The van der Waals surface area contributed by atoms with Gasteiger partial charge in [0.05, 0.1) is 0 Å². The van der Waals surface area contributed by atoms with E-state index in [9.17, 15) is 4.39 Å². The minimum absolute atomic E-state index is 0.178. The van der Waals surface area contributed by atoms with E-state index >= 15 is 0 Å². The van der Waals surface area contributed by atoms with E-state index in [2.05, 4.69) is 39.0 Å². The van der Waals surface area contributed by atoms with Gasteiger partial charge in [0.1, 0.15) is 5.82 Å². The van der Waals surface area contributed by atoms with Crippen LogP contribution in [0.25, 0.3) is 0 Å². The second kappa shape index (κ2) is 8.58. The molecule has 2 aromatic carbocycles. The van der Waals surface area contributed by atoms with Crippen molar-refractivity contribution in [3.8, 4) is 0 Å². The molecule has 0 saturated carbocycles. The lowest BCUT2D eigenvalue weighted by Crippen LogP contribution is -1.96. The molecule has 1 nitrogen and oxygen atoms in total. The smallest absolute Gasteiger partial charge is 0.126 e. The largest absolute Gasteiger partial charge is 0.326 e. The average molecular weight is 287 g/mol. The molecule has 0 aromatic heterocycles. The summed E-state index contributed by atoms with van der Waals surface area (Å²) in [7, 11) is 0. The maximum atomic E-state index is 12.7. The minimum atomic E-state index is -0.178. The van der Waals surface area contributed by atoms with E-state index in [0.29, 0.717) is 12.1 Å². The van der Waals surface area contributed by atoms with Gasteiger partial charge in [-0.25, -0.2) is 4.39 Å². The Morgan fingerprint density at radius 1 is 0.952 bits per heavy atom. The molecule has 2 heteroatoms. The van der Waals surface area contributed by atoms with E-state index in [1.807, 2.05) is 6.07 Å². The maximum absolute atomic E-state index is 12.7. The van der Waals surface area contributed by atoms with Gasteiger partial charge in [0.15, 0.2) is 0 Å². The molecule has 0 aliphatic heterocycles. The van der Waals surface area contributed by atoms with Crippen LogP contribution in [0.15, 0.2) is 36.4 Å². The van der Waals surface area contributed by atoms with Crippen molar-refractivity contribution in [3.05, 3.63) is 70.0 Å². The predicted molar refractivity (Wildman–Crippen MR) is 88.9 cm³/mol. The minimum Gasteiger partial charge on any atom is -0.326 e. The summed E-state index contributed by atoms with van der Waals surface area (Å²) < 4.78 is 12.7. The van der Waals surface area contributed by atoms with Crippen LogP contribution in [0.3, 0.4) is 0 Å². The molecular weight excluding hydrogens is 261 g/mol. The van der Waals surface area contributed by atoms with Crippen LogP contribution >= 0.6 is 0 Å². The van der Waals surface area contributed by atoms with Crippen LogP contribution < -0.4 is 5.73 Å². The normalized spacial score (nSPS) is 10.0. The van der Waals surface area contributed by atoms with Gasteiger partial charge < -0.3 is 5.73 Å². The summed E-state index contributed by atoms with van der Waals surface area (Å²) in [6, 6.07) is 11.7. The summed E-state index contributed by atoms with van der Waals surface area (Å²) in [5, 5.41) is 0. The molecule has 0 aliphatic rings. The Kier molecular flexibility index (Phi) is 7.10. The van der Waals surface area contributed by atoms with Crippen molar-refractivity contribution in [2.75, 3.05) is 0 Å². The fourth-order valence-electron chi connectivity index (χ4n) is 2.16. The fraction of sp³-hybridized carbons (Fsp3) is 0.368. The van der Waals surface area contributed by atoms with Crippen molar-refractivity contribution < 1.29 is 4.39 Å². The molecule has 114 valence electrons. The van der Waals surface area contributed by atoms with Gasteiger partial charge in [0.2, 0.25) is 0 Å². The monoisotopic (exact) mass is 287 g/mol. The Morgan fingerprint density at radius 2 is 1.67 bits per heavy atom. The fourth-order valence-corrected chi connectivity index (χ4v) is 2.16. The molecule has 0 aliphatic carbocycles. The molecule has 0 atom stereocenters. The summed E-state index contributed by atoms with van der Waals surface area (Å²) >= 11 is 0. The molecule has 0 fully saturated rings. The zero-order chi connectivity index (χ0) is 15.8. The molecular formula is C19H26FN. The third-order valence-electron chi connectivity index (χ3n) is 3.49. The Morgan fingerprint density at radius 3 is 2.19 bits per heavy atom. The Labute approximate surface area is 128 Å². The summed E-state index contributed by atoms with van der Waals surface area (Å²) in [5.74, 6) is -0.178. The Balaban J connectivity index is 0.000000211. The SMILES string of the molecule is CCCc1ccc(C)cc1C.Cc1ccc(CN)cc1F. The third kappa shape index (κ3) is 5.68. The van der Waals surface area contributed by atoms with Crippen molar-refractivity contribution in [2.24, 2.45) is 5.73 Å². The highest BCUT2D eigenvalue weighted by Crippen LogP contribution is 2.12. The highest BCUT2D eigenvalue weighted by Gasteiger charge is 1.96. The van der Waals surface area contributed by atoms with Crippen LogP contribution in [0.1, 0.15) is 41.2 Å². The van der Waals surface area contributed by atoms with Crippen LogP contribution in [0.4, 0.5) is 4.39 Å². The number of nitrogens with two attached hydrogens (primary N) is 1. The first-order valence-corrected chi connectivity index (χ1v) is 7.49. The topological polar surface area (TPSA) is 26.0 Å². The van der Waals surface area contributed by atoms with Crippen LogP contribution in [-0.4, -0.2) is 0 Å². The highest BCUT2D eigenvalue weighted by atomic mass is 19.1. The summed E-state index contributed by atoms with van der Waals surface area (Å²) in [6.45, 7) is 8.69. The first kappa shape index (κ1) is 17.4. The Hall–Kier alpha value is -1.67. The molecule has 0 radical (unpaired) electrons. The molecule has 2 rings (SSSR count). The maximum Gasteiger partial charge on any atom is 0.126 e. The Bertz CT molecular complexity index is 576. The van der Waals surface area contributed by atoms with Gasteiger partial charge in [-0.1, -0.05) is 49.2 Å². The quantitative estimate of drug-likeness (QED) is 0.858. The number of hydrogen-bond acceptors (Lipinski definition) is 1. The van der Waals surface area contributed by atoms with E-state index in [1.165, 1.54) is 35.6 Å². The molecule has 21 heavy (non-hydrogen) atoms. The van der Waals surface area contributed by atoms with Gasteiger partial charge in [-0.3, -0.25) is 0 Å². The zero-order valence-electron chi connectivity index (χ0n) is 13.5. The molecule has 0 unspecified atom stereocenters. The molecule has 2 aromatic rings. The van der Waals surface area contributed by atoms with Crippen molar-refractivity contribution in [1.29, 1.82) is 0 Å². The van der Waals surface area contributed by atoms with Gasteiger partial charge in [0.25, 0.3) is 0 Å². The number of halogens is 1. The first-order chi connectivity index (χ1) is 9.97. The number of hydrogen-bond donors (Lipinski definition) is 1. The van der Waals surface area contributed by atoms with Gasteiger partial charge in [0, 0.05) is 6.54 Å². The molecule has 0 saturated heterocycles. The molecule has 0 heterocycles. The highest BCUT2D eigenvalue weighted by molar-refractivity contribution is 5.30. The zero-order valence-corrected chi connectivity index (χ0v) is 13.5. The number of benzene rings is 2. The molecule has 2 N–H and O–H groups in total. The van der Waals surface area contributed by atoms with E-state index in [1.54, 1.807) is 13.0 Å². The van der Waals surface area contributed by atoms with Crippen molar-refractivity contribution in [2.45, 2.75) is 47.1 Å². The van der Waals surface area contributed by atoms with Gasteiger partial charge in [-0.2, -0.15) is 0 Å². The van der Waals surface area contributed by atoms with Crippen LogP contribution in [0, 0.1) is 26.6 Å². The van der Waals surface area contributed by atoms with Crippen LogP contribution in [0.2, 0.25) is 0 Å². The van der Waals surface area contributed by atoms with Crippen LogP contribution in [-0.2, 0) is 13.0 Å². The van der Waals surface area contributed by atoms with Crippen molar-refractivity contribution >= 4 is 0 Å². The van der Waals surface area contributed by atoms with Crippen LogP contribution in [0.5, 0.6) is 0 Å². The second-order valence-electron chi connectivity index (χ2n) is 5.47. The van der Waals surface area contributed by atoms with Gasteiger partial charge >= 0.3 is 0 Å². The van der Waals surface area contributed by atoms with Crippen molar-refractivity contribution in [3.63, 3.8) is 0 Å². The van der Waals surface area contributed by atoms with E-state index < -0.39 is 0 Å². The summed E-state index contributed by atoms with van der Waals surface area (Å²) in [5.41, 5.74) is 11.1. The van der Waals surface area contributed by atoms with E-state index in [0.717, 1.165) is 5.56 Å². The molecule has 0 bridgehead atoms. The summed E-state index contributed by atoms with van der Waals surface area (Å²) in [6.07, 6.45) is 2.45. The number of rotatable bonds is 3. The van der Waals surface area contributed by atoms with Crippen molar-refractivity contribution in [1.82, 2.24) is 0 Å². The second-order valence-corrected chi connectivity index (χ2v) is 5.47. The lowest BCUT2D eigenvalue weighted by Gasteiger charge is -2.04. The van der Waals surface area contributed by atoms with E-state index in [4.69, 9.17) is 5.73 Å². The third-order valence-corrected chi connectivity index (χ3v) is 3.49. The van der Waals surface area contributed by atoms with Gasteiger partial charge in [-0.15, -0.1) is 0 Å². The number of aryl methyl sites for hydroxylation is 4. The lowest BCUT2D eigenvalue weighted by molar-refractivity contribution is 0.616. The van der Waals surface area contributed by atoms with E-state index in [-0.39, 0.29) is 5.82 Å². The molecule has 0 spiro atoms. The predicted octanol–water partition coefficient (Wildman–Crippen LogP) is 4.85. The van der Waals surface area contributed by atoms with Gasteiger partial charge in [-0.05, 0) is 55.5 Å². The standard InChI is InChI=1S/C11H16.C8H10FN/c1-4-5-11-7-6-9(2)8-10(11)3;1-6-2-3-7(5-10)4-8(6)9/h6-8H,4-5H2,1-3H3;2-4H,5,10H2,1H3. The summed E-state index contributed by atoms with van der Waals surface area (Å²) in [4.78, 5) is 0. The molecule has 0 amide bonds. The lowest BCUT2D eigenvalue weighted by atomic mass is 10.0. The average Bonchev–Trinajstić information content (AvgIpc) is 2.46. The first-order valence-electron chi connectivity index (χ1n) is 7.49.